The molecule has 0 bridgehead atoms. The van der Waals surface area contributed by atoms with E-state index in [-0.39, 0.29) is 0 Å². The van der Waals surface area contributed by atoms with Crippen molar-refractivity contribution in [3.05, 3.63) is 42.5 Å². The second kappa shape index (κ2) is 16.0. The van der Waals surface area contributed by atoms with Gasteiger partial charge in [-0.3, -0.25) is 0 Å². The van der Waals surface area contributed by atoms with E-state index in [4.69, 9.17) is 0 Å². The molecule has 1 aliphatic rings. The van der Waals surface area contributed by atoms with Crippen molar-refractivity contribution in [1.82, 2.24) is 0 Å². The predicted molar refractivity (Wildman–Crippen MR) is 154 cm³/mol. The first-order valence-electron chi connectivity index (χ1n) is 14.3. The molecular weight excluding hydrogens is 448 g/mol. The third-order valence-corrected chi connectivity index (χ3v) is 8.80. The molecule has 1 atom stereocenters. The average Bonchev–Trinajstić information content (AvgIpc) is 2.88. The van der Waals surface area contributed by atoms with E-state index in [0.717, 1.165) is 33.4 Å². The van der Waals surface area contributed by atoms with Gasteiger partial charge in [0.1, 0.15) is 0 Å². The van der Waals surface area contributed by atoms with Crippen LogP contribution >= 0.6 is 0 Å². The van der Waals surface area contributed by atoms with Crippen LogP contribution in [0.2, 0.25) is 0 Å². The predicted octanol–water partition coefficient (Wildman–Crippen LogP) is 9.61. The number of unbranched alkanes of at least 4 members (excludes halogenated alkanes) is 15. The zero-order valence-electron chi connectivity index (χ0n) is 22.3. The summed E-state index contributed by atoms with van der Waals surface area (Å²) in [6, 6.07) is 14.1. The molecule has 4 heteroatoms. The van der Waals surface area contributed by atoms with Gasteiger partial charge in [-0.05, 0) is 30.7 Å². The molecule has 0 amide bonds. The molecule has 0 saturated carbocycles. The first-order valence-corrected chi connectivity index (χ1v) is 15.5. The normalized spacial score (nSPS) is 14.3. The van der Waals surface area contributed by atoms with E-state index in [0.29, 0.717) is 0 Å². The van der Waals surface area contributed by atoms with E-state index >= 15 is 0 Å². The quantitative estimate of drug-likeness (QED) is 0.178. The van der Waals surface area contributed by atoms with Crippen molar-refractivity contribution < 1.29 is 4.21 Å². The number of benzene rings is 2. The summed E-state index contributed by atoms with van der Waals surface area (Å²) in [5.74, 6) is 0. The van der Waals surface area contributed by atoms with Gasteiger partial charge < -0.3 is 10.2 Å². The smallest absolute Gasteiger partial charge is 0.0892 e. The molecule has 1 N–H and O–H groups in total. The lowest BCUT2D eigenvalue weighted by molar-refractivity contribution is 0.529. The summed E-state index contributed by atoms with van der Waals surface area (Å²) >= 11 is 0. The average molecular weight is 497 g/mol. The Kier molecular flexibility index (Phi) is 12.7. The maximum atomic E-state index is 13.1. The van der Waals surface area contributed by atoms with E-state index in [9.17, 15) is 4.21 Å². The van der Waals surface area contributed by atoms with E-state index < -0.39 is 10.8 Å². The third kappa shape index (κ3) is 8.97. The minimum Gasteiger partial charge on any atom is -0.373 e. The van der Waals surface area contributed by atoms with Gasteiger partial charge in [-0.25, -0.2) is 4.21 Å². The molecule has 0 radical (unpaired) electrons. The van der Waals surface area contributed by atoms with Crippen LogP contribution in [0, 0.1) is 0 Å². The highest BCUT2D eigenvalue weighted by molar-refractivity contribution is 7.85. The van der Waals surface area contributed by atoms with Crippen LogP contribution in [-0.2, 0) is 10.8 Å². The Labute approximate surface area is 217 Å². The number of para-hydroxylation sites is 2. The summed E-state index contributed by atoms with van der Waals surface area (Å²) in [4.78, 5) is 4.08. The monoisotopic (exact) mass is 496 g/mol. The fourth-order valence-electron chi connectivity index (χ4n) is 5.12. The van der Waals surface area contributed by atoms with Gasteiger partial charge in [-0.2, -0.15) is 0 Å². The molecule has 2 aromatic carbocycles. The van der Waals surface area contributed by atoms with Gasteiger partial charge >= 0.3 is 0 Å². The lowest BCUT2D eigenvalue weighted by atomic mass is 10.0. The Morgan fingerprint density at radius 1 is 0.657 bits per heavy atom. The fraction of sp³-hybridized carbons (Fsp3) is 0.613. The number of nitrogens with one attached hydrogen (secondary N) is 1. The summed E-state index contributed by atoms with van der Waals surface area (Å²) in [7, 11) is 1.03. The molecule has 1 unspecified atom stereocenters. The molecule has 0 spiro atoms. The third-order valence-electron chi connectivity index (χ3n) is 7.31. The van der Waals surface area contributed by atoms with Crippen LogP contribution in [0.15, 0.2) is 52.3 Å². The van der Waals surface area contributed by atoms with Gasteiger partial charge in [0.2, 0.25) is 0 Å². The molecule has 0 fully saturated rings. The van der Waals surface area contributed by atoms with E-state index in [2.05, 4.69) is 30.3 Å². The molecule has 2 aromatic rings. The summed E-state index contributed by atoms with van der Waals surface area (Å²) < 4.78 is 13.1. The second-order valence-electron chi connectivity index (χ2n) is 10.3. The van der Waals surface area contributed by atoms with Gasteiger partial charge in [0.15, 0.2) is 0 Å². The largest absolute Gasteiger partial charge is 0.373 e. The topological polar surface area (TPSA) is 32.3 Å². The van der Waals surface area contributed by atoms with Crippen LogP contribution in [0.4, 0.5) is 17.1 Å². The van der Waals surface area contributed by atoms with Crippen LogP contribution in [0.1, 0.15) is 110 Å². The zero-order valence-corrected chi connectivity index (χ0v) is 23.1. The molecule has 1 aliphatic heterocycles. The van der Waals surface area contributed by atoms with Crippen LogP contribution in [0.3, 0.4) is 0 Å². The van der Waals surface area contributed by atoms with Crippen molar-refractivity contribution in [2.45, 2.75) is 119 Å². The summed E-state index contributed by atoms with van der Waals surface area (Å²) in [5, 5.41) is 3.54. The highest BCUT2D eigenvalue weighted by Crippen LogP contribution is 2.41. The summed E-state index contributed by atoms with van der Waals surface area (Å²) in [6.45, 7) is 3.32. The highest BCUT2D eigenvalue weighted by atomic mass is 32.2. The maximum absolute atomic E-state index is 13.1. The number of fused-ring (bicyclic) bond motifs is 2. The molecular formula is C31H48N2OS. The van der Waals surface area contributed by atoms with E-state index in [1.54, 1.807) is 0 Å². The Morgan fingerprint density at radius 2 is 1.17 bits per heavy atom. The number of nitrogens with zero attached hydrogens (tertiary/aromatic N) is 1. The number of hydrogen-bond acceptors (Lipinski definition) is 3. The minimum absolute atomic E-state index is 0.873. The first kappa shape index (κ1) is 27.8. The van der Waals surface area contributed by atoms with Crippen molar-refractivity contribution in [3.63, 3.8) is 0 Å². The van der Waals surface area contributed by atoms with Gasteiger partial charge in [-0.15, -0.1) is 0 Å². The molecule has 3 rings (SSSR count). The minimum atomic E-state index is -1.12. The van der Waals surface area contributed by atoms with E-state index in [1.165, 1.54) is 103 Å². The zero-order chi connectivity index (χ0) is 24.7. The molecule has 0 aromatic heterocycles. The van der Waals surface area contributed by atoms with Crippen LogP contribution in [0.25, 0.3) is 0 Å². The lowest BCUT2D eigenvalue weighted by Gasteiger charge is -2.28. The van der Waals surface area contributed by atoms with Crippen molar-refractivity contribution in [2.24, 2.45) is 0 Å². The Bertz CT molecular complexity index is 897. The van der Waals surface area contributed by atoms with Gasteiger partial charge in [0.25, 0.3) is 0 Å². The molecule has 35 heavy (non-hydrogen) atoms. The van der Waals surface area contributed by atoms with Crippen molar-refractivity contribution >= 4 is 27.9 Å². The molecule has 1 heterocycles. The Balaban J connectivity index is 1.24. The fourth-order valence-corrected chi connectivity index (χ4v) is 6.42. The van der Waals surface area contributed by atoms with Crippen molar-refractivity contribution in [2.75, 3.05) is 23.8 Å². The maximum Gasteiger partial charge on any atom is 0.0892 e. The first-order chi connectivity index (χ1) is 17.2. The van der Waals surface area contributed by atoms with Crippen LogP contribution in [0.5, 0.6) is 0 Å². The van der Waals surface area contributed by atoms with Gasteiger partial charge in [0.05, 0.1) is 37.7 Å². The molecule has 3 nitrogen and oxygen atoms in total. The SMILES string of the molecule is CCCCCCCCCCCCCCCCCCN(C)c1cccc2c1Nc1ccccc1S2=O. The highest BCUT2D eigenvalue weighted by Gasteiger charge is 2.24. The second-order valence-corrected chi connectivity index (χ2v) is 11.7. The standard InChI is InChI=1S/C31H48N2OS/c1-3-4-5-6-7-8-9-10-11-12-13-14-15-16-17-20-26-33(2)28-23-21-25-30-31(28)32-27-22-18-19-24-29(27)35(30)34/h18-19,21-25,32H,3-17,20,26H2,1-2H3. The summed E-state index contributed by atoms with van der Waals surface area (Å²) in [5.41, 5.74) is 3.11. The number of hydrogen-bond donors (Lipinski definition) is 1. The number of anilines is 3. The van der Waals surface area contributed by atoms with Gasteiger partial charge in [-0.1, -0.05) is 121 Å². The summed E-state index contributed by atoms with van der Waals surface area (Å²) in [6.07, 6.45) is 22.3. The Morgan fingerprint density at radius 3 is 1.77 bits per heavy atom. The van der Waals surface area contributed by atoms with Crippen LogP contribution in [-0.4, -0.2) is 17.8 Å². The van der Waals surface area contributed by atoms with Crippen LogP contribution < -0.4 is 10.2 Å². The Hall–Kier alpha value is -1.81. The van der Waals surface area contributed by atoms with E-state index in [1.807, 2.05) is 36.4 Å². The van der Waals surface area contributed by atoms with Crippen molar-refractivity contribution in [3.8, 4) is 0 Å². The molecule has 194 valence electrons. The van der Waals surface area contributed by atoms with Crippen molar-refractivity contribution in [1.29, 1.82) is 0 Å². The van der Waals surface area contributed by atoms with Gasteiger partial charge in [0, 0.05) is 13.6 Å². The number of rotatable bonds is 18. The lowest BCUT2D eigenvalue weighted by Crippen LogP contribution is -2.21. The molecule has 0 aliphatic carbocycles. The molecule has 0 saturated heterocycles.